The van der Waals surface area contributed by atoms with Crippen LogP contribution in [0.2, 0.25) is 0 Å². The Kier molecular flexibility index (Phi) is 6.29. The van der Waals surface area contributed by atoms with Gasteiger partial charge in [-0.3, -0.25) is 29.7 Å². The molecule has 0 aliphatic carbocycles. The molecule has 0 unspecified atom stereocenters. The van der Waals surface area contributed by atoms with Crippen LogP contribution in [0, 0.1) is 34.1 Å². The van der Waals surface area contributed by atoms with Gasteiger partial charge in [0.15, 0.2) is 5.76 Å². The Bertz CT molecular complexity index is 1120. The highest BCUT2D eigenvalue weighted by Gasteiger charge is 2.21. The van der Waals surface area contributed by atoms with Crippen LogP contribution in [0.4, 0.5) is 11.4 Å². The molecular formula is C19H19N5O7. The Morgan fingerprint density at radius 2 is 1.84 bits per heavy atom. The number of carbonyl (C=O) groups excluding carboxylic acids is 1. The Hall–Kier alpha value is -4.22. The highest BCUT2D eigenvalue weighted by atomic mass is 16.6. The number of ether oxygens (including phenoxy) is 1. The van der Waals surface area contributed by atoms with Gasteiger partial charge >= 0.3 is 5.69 Å². The summed E-state index contributed by atoms with van der Waals surface area (Å²) in [5, 5.41) is 28.5. The zero-order valence-corrected chi connectivity index (χ0v) is 16.7. The summed E-state index contributed by atoms with van der Waals surface area (Å²) >= 11 is 0. The molecule has 162 valence electrons. The number of nitrogens with zero attached hydrogens (tertiary/aromatic N) is 4. The third-order valence-corrected chi connectivity index (χ3v) is 4.45. The SMILES string of the molecule is Cc1nn(CCNC(=O)c2ccc(COc3ccc([N+](=O)[O-])cc3)o2)c(C)c1[N+](=O)[O-]. The van der Waals surface area contributed by atoms with Gasteiger partial charge in [-0.1, -0.05) is 0 Å². The van der Waals surface area contributed by atoms with E-state index in [4.69, 9.17) is 9.15 Å². The fourth-order valence-electron chi connectivity index (χ4n) is 2.93. The highest BCUT2D eigenvalue weighted by molar-refractivity contribution is 5.91. The fourth-order valence-corrected chi connectivity index (χ4v) is 2.93. The summed E-state index contributed by atoms with van der Waals surface area (Å²) in [6.45, 7) is 3.67. The van der Waals surface area contributed by atoms with Gasteiger partial charge in [0.1, 0.15) is 29.5 Å². The first-order valence-electron chi connectivity index (χ1n) is 9.19. The van der Waals surface area contributed by atoms with Crippen molar-refractivity contribution in [3.8, 4) is 5.75 Å². The van der Waals surface area contributed by atoms with E-state index in [1.54, 1.807) is 19.9 Å². The van der Waals surface area contributed by atoms with Crippen LogP contribution in [0.5, 0.6) is 5.75 Å². The average Bonchev–Trinajstić information content (AvgIpc) is 3.31. The third kappa shape index (κ3) is 5.04. The number of nitro benzene ring substituents is 1. The maximum atomic E-state index is 12.2. The number of aryl methyl sites for hydroxylation is 1. The van der Waals surface area contributed by atoms with Crippen LogP contribution in [-0.2, 0) is 13.2 Å². The predicted molar refractivity (Wildman–Crippen MR) is 107 cm³/mol. The standard InChI is InChI=1S/C19H19N5O7/c1-12-18(24(28)29)13(2)22(21-12)10-9-20-19(25)17-8-7-16(31-17)11-30-15-5-3-14(4-6-15)23(26)27/h3-8H,9-11H2,1-2H3,(H,20,25). The molecule has 0 fully saturated rings. The van der Waals surface area contributed by atoms with E-state index in [-0.39, 0.29) is 36.8 Å². The summed E-state index contributed by atoms with van der Waals surface area (Å²) in [5.74, 6) is 0.462. The second kappa shape index (κ2) is 9.07. The number of hydrogen-bond donors (Lipinski definition) is 1. The van der Waals surface area contributed by atoms with Gasteiger partial charge in [0.25, 0.3) is 11.6 Å². The number of non-ortho nitro benzene ring substituents is 1. The van der Waals surface area contributed by atoms with Crippen molar-refractivity contribution in [2.45, 2.75) is 27.0 Å². The minimum atomic E-state index is -0.503. The van der Waals surface area contributed by atoms with Crippen molar-refractivity contribution in [3.63, 3.8) is 0 Å². The molecule has 0 radical (unpaired) electrons. The number of hydrogen-bond acceptors (Lipinski definition) is 8. The third-order valence-electron chi connectivity index (χ3n) is 4.45. The van der Waals surface area contributed by atoms with E-state index >= 15 is 0 Å². The Morgan fingerprint density at radius 1 is 1.13 bits per heavy atom. The van der Waals surface area contributed by atoms with Crippen LogP contribution in [0.15, 0.2) is 40.8 Å². The molecule has 1 aromatic carbocycles. The van der Waals surface area contributed by atoms with Gasteiger partial charge in [-0.05, 0) is 38.1 Å². The van der Waals surface area contributed by atoms with Gasteiger partial charge in [0.05, 0.1) is 16.4 Å². The zero-order valence-electron chi connectivity index (χ0n) is 16.7. The van der Waals surface area contributed by atoms with Crippen LogP contribution < -0.4 is 10.1 Å². The monoisotopic (exact) mass is 429 g/mol. The quantitative estimate of drug-likeness (QED) is 0.402. The number of nitro groups is 2. The van der Waals surface area contributed by atoms with Crippen molar-refractivity contribution < 1.29 is 23.8 Å². The minimum absolute atomic E-state index is 0.0324. The molecule has 0 saturated carbocycles. The van der Waals surface area contributed by atoms with Crippen molar-refractivity contribution in [1.82, 2.24) is 15.1 Å². The van der Waals surface area contributed by atoms with Crippen molar-refractivity contribution in [1.29, 1.82) is 0 Å². The maximum Gasteiger partial charge on any atom is 0.312 e. The van der Waals surface area contributed by atoms with Gasteiger partial charge in [-0.25, -0.2) is 0 Å². The van der Waals surface area contributed by atoms with Gasteiger partial charge in [0, 0.05) is 18.7 Å². The molecule has 0 aliphatic rings. The first-order chi connectivity index (χ1) is 14.8. The molecular weight excluding hydrogens is 410 g/mol. The van der Waals surface area contributed by atoms with Crippen molar-refractivity contribution in [3.05, 3.63) is 79.5 Å². The smallest absolute Gasteiger partial charge is 0.312 e. The lowest BCUT2D eigenvalue weighted by Crippen LogP contribution is -2.27. The molecule has 2 heterocycles. The van der Waals surface area contributed by atoms with Gasteiger partial charge < -0.3 is 14.5 Å². The number of amides is 1. The topological polar surface area (TPSA) is 156 Å². The molecule has 0 bridgehead atoms. The lowest BCUT2D eigenvalue weighted by molar-refractivity contribution is -0.386. The van der Waals surface area contributed by atoms with E-state index in [2.05, 4.69) is 10.4 Å². The fraction of sp³-hybridized carbons (Fsp3) is 0.263. The molecule has 3 aromatic rings. The largest absolute Gasteiger partial charge is 0.486 e. The molecule has 0 spiro atoms. The minimum Gasteiger partial charge on any atom is -0.486 e. The summed E-state index contributed by atoms with van der Waals surface area (Å²) < 4.78 is 12.4. The molecule has 0 aliphatic heterocycles. The van der Waals surface area contributed by atoms with Crippen molar-refractivity contribution in [2.24, 2.45) is 0 Å². The lowest BCUT2D eigenvalue weighted by atomic mass is 10.3. The molecule has 0 atom stereocenters. The predicted octanol–water partition coefficient (Wildman–Crippen LogP) is 2.92. The van der Waals surface area contributed by atoms with Gasteiger partial charge in [-0.15, -0.1) is 0 Å². The molecule has 1 amide bonds. The maximum absolute atomic E-state index is 12.2. The molecule has 12 nitrogen and oxygen atoms in total. The van der Waals surface area contributed by atoms with Gasteiger partial charge in [0.2, 0.25) is 0 Å². The number of benzene rings is 1. The normalized spacial score (nSPS) is 10.6. The number of nitrogens with one attached hydrogen (secondary N) is 1. The number of aromatic nitrogens is 2. The number of rotatable bonds is 9. The number of furan rings is 1. The zero-order chi connectivity index (χ0) is 22.5. The Morgan fingerprint density at radius 3 is 2.45 bits per heavy atom. The van der Waals surface area contributed by atoms with Crippen molar-refractivity contribution >= 4 is 17.3 Å². The Labute approximate surface area is 175 Å². The first kappa shape index (κ1) is 21.5. The number of carbonyl (C=O) groups is 1. The van der Waals surface area contributed by atoms with E-state index in [9.17, 15) is 25.0 Å². The summed E-state index contributed by atoms with van der Waals surface area (Å²) in [4.78, 5) is 33.0. The van der Waals surface area contributed by atoms with E-state index < -0.39 is 15.8 Å². The highest BCUT2D eigenvalue weighted by Crippen LogP contribution is 2.21. The van der Waals surface area contributed by atoms with Crippen LogP contribution in [0.25, 0.3) is 0 Å². The van der Waals surface area contributed by atoms with Crippen LogP contribution in [-0.4, -0.2) is 32.1 Å². The van der Waals surface area contributed by atoms with E-state index in [1.165, 1.54) is 35.0 Å². The van der Waals surface area contributed by atoms with E-state index in [1.807, 2.05) is 0 Å². The van der Waals surface area contributed by atoms with Gasteiger partial charge in [-0.2, -0.15) is 5.10 Å². The lowest BCUT2D eigenvalue weighted by Gasteiger charge is -2.05. The second-order valence-corrected chi connectivity index (χ2v) is 6.56. The summed E-state index contributed by atoms with van der Waals surface area (Å²) in [7, 11) is 0. The molecule has 31 heavy (non-hydrogen) atoms. The van der Waals surface area contributed by atoms with Crippen molar-refractivity contribution in [2.75, 3.05) is 6.54 Å². The molecule has 2 aromatic heterocycles. The van der Waals surface area contributed by atoms with E-state index in [0.717, 1.165) is 0 Å². The molecule has 1 N–H and O–H groups in total. The second-order valence-electron chi connectivity index (χ2n) is 6.56. The summed E-state index contributed by atoms with van der Waals surface area (Å²) in [6, 6.07) is 8.68. The Balaban J connectivity index is 1.50. The molecule has 3 rings (SSSR count). The van der Waals surface area contributed by atoms with Crippen LogP contribution in [0.3, 0.4) is 0 Å². The summed E-state index contributed by atoms with van der Waals surface area (Å²) in [6.07, 6.45) is 0. The summed E-state index contributed by atoms with van der Waals surface area (Å²) in [5.41, 5.74) is 0.660. The van der Waals surface area contributed by atoms with Crippen LogP contribution >= 0.6 is 0 Å². The molecule has 0 saturated heterocycles. The average molecular weight is 429 g/mol. The van der Waals surface area contributed by atoms with Crippen LogP contribution in [0.1, 0.15) is 27.7 Å². The molecule has 12 heteroatoms. The van der Waals surface area contributed by atoms with E-state index in [0.29, 0.717) is 22.9 Å². The first-order valence-corrected chi connectivity index (χ1v) is 9.19.